The molecule has 15 heavy (non-hydrogen) atoms. The number of nitrogens with two attached hydrogens (primary N) is 1. The topological polar surface area (TPSA) is 66.1 Å². The van der Waals surface area contributed by atoms with Crippen molar-refractivity contribution in [1.29, 1.82) is 0 Å². The summed E-state index contributed by atoms with van der Waals surface area (Å²) in [7, 11) is 0. The standard InChI is InChI=1S/C11H17NO2S/c1-2-3-4-5-9-8-10(15(13)14)6-7-11(9)12/h6-8H,2-5,12H2,1H3,(H,13,14)/p-1. The van der Waals surface area contributed by atoms with Crippen molar-refractivity contribution in [2.75, 3.05) is 5.73 Å². The molecule has 0 radical (unpaired) electrons. The Morgan fingerprint density at radius 1 is 1.40 bits per heavy atom. The van der Waals surface area contributed by atoms with Crippen molar-refractivity contribution < 1.29 is 8.76 Å². The number of hydrogen-bond acceptors (Lipinski definition) is 3. The van der Waals surface area contributed by atoms with E-state index in [1.807, 2.05) is 0 Å². The number of rotatable bonds is 5. The zero-order valence-corrected chi connectivity index (χ0v) is 9.68. The SMILES string of the molecule is CCCCCc1cc(S(=O)[O-])ccc1N. The third-order valence-corrected chi connectivity index (χ3v) is 3.00. The van der Waals surface area contributed by atoms with E-state index >= 15 is 0 Å². The maximum absolute atomic E-state index is 10.8. The van der Waals surface area contributed by atoms with Crippen LogP contribution in [0.1, 0.15) is 31.7 Å². The molecule has 1 unspecified atom stereocenters. The Morgan fingerprint density at radius 3 is 2.73 bits per heavy atom. The number of hydrogen-bond donors (Lipinski definition) is 1. The van der Waals surface area contributed by atoms with E-state index in [9.17, 15) is 8.76 Å². The largest absolute Gasteiger partial charge is 0.768 e. The van der Waals surface area contributed by atoms with Gasteiger partial charge in [0, 0.05) is 10.6 Å². The molecule has 1 aromatic rings. The van der Waals surface area contributed by atoms with Crippen molar-refractivity contribution in [2.45, 2.75) is 37.5 Å². The highest BCUT2D eigenvalue weighted by molar-refractivity contribution is 7.79. The van der Waals surface area contributed by atoms with Crippen molar-refractivity contribution in [2.24, 2.45) is 0 Å². The second-order valence-corrected chi connectivity index (χ2v) is 4.49. The number of unbranched alkanes of at least 4 members (excludes halogenated alkanes) is 2. The number of nitrogen functional groups attached to an aromatic ring is 1. The van der Waals surface area contributed by atoms with Crippen LogP contribution in [0.3, 0.4) is 0 Å². The van der Waals surface area contributed by atoms with Gasteiger partial charge in [0.2, 0.25) is 0 Å². The monoisotopic (exact) mass is 226 g/mol. The van der Waals surface area contributed by atoms with E-state index in [1.54, 1.807) is 12.1 Å². The highest BCUT2D eigenvalue weighted by Crippen LogP contribution is 2.18. The third-order valence-electron chi connectivity index (χ3n) is 2.36. The summed E-state index contributed by atoms with van der Waals surface area (Å²) in [6.07, 6.45) is 4.19. The van der Waals surface area contributed by atoms with Crippen LogP contribution in [0.4, 0.5) is 5.69 Å². The summed E-state index contributed by atoms with van der Waals surface area (Å²) >= 11 is -2.16. The maximum atomic E-state index is 10.8. The summed E-state index contributed by atoms with van der Waals surface area (Å²) in [6.45, 7) is 2.13. The molecule has 0 saturated carbocycles. The van der Waals surface area contributed by atoms with E-state index in [4.69, 9.17) is 5.73 Å². The Labute approximate surface area is 93.0 Å². The summed E-state index contributed by atoms with van der Waals surface area (Å²) in [5.41, 5.74) is 7.39. The van der Waals surface area contributed by atoms with Crippen molar-refractivity contribution in [1.82, 2.24) is 0 Å². The molecule has 0 heterocycles. The molecule has 1 atom stereocenters. The lowest BCUT2D eigenvalue weighted by molar-refractivity contribution is 0.537. The number of anilines is 1. The van der Waals surface area contributed by atoms with Crippen LogP contribution in [-0.2, 0) is 17.5 Å². The fraction of sp³-hybridized carbons (Fsp3) is 0.455. The summed E-state index contributed by atoms with van der Waals surface area (Å²) < 4.78 is 21.5. The molecular weight excluding hydrogens is 210 g/mol. The summed E-state index contributed by atoms with van der Waals surface area (Å²) in [6, 6.07) is 4.85. The van der Waals surface area contributed by atoms with E-state index < -0.39 is 11.1 Å². The molecule has 0 aliphatic carbocycles. The van der Waals surface area contributed by atoms with Gasteiger partial charge >= 0.3 is 0 Å². The first-order valence-electron chi connectivity index (χ1n) is 5.12. The Bertz CT molecular complexity index is 352. The average Bonchev–Trinajstić information content (AvgIpc) is 2.20. The van der Waals surface area contributed by atoms with Crippen molar-refractivity contribution >= 4 is 16.8 Å². The van der Waals surface area contributed by atoms with Gasteiger partial charge in [-0.15, -0.1) is 0 Å². The molecule has 0 amide bonds. The minimum atomic E-state index is -2.16. The highest BCUT2D eigenvalue weighted by atomic mass is 32.2. The quantitative estimate of drug-likeness (QED) is 0.475. The van der Waals surface area contributed by atoms with Gasteiger partial charge in [-0.3, -0.25) is 4.21 Å². The molecule has 0 fully saturated rings. The lowest BCUT2D eigenvalue weighted by Crippen LogP contribution is -1.98. The molecule has 84 valence electrons. The van der Waals surface area contributed by atoms with Crippen LogP contribution in [0.2, 0.25) is 0 Å². The molecule has 0 aliphatic heterocycles. The molecule has 4 heteroatoms. The zero-order chi connectivity index (χ0) is 11.3. The number of benzene rings is 1. The fourth-order valence-electron chi connectivity index (χ4n) is 1.47. The van der Waals surface area contributed by atoms with Crippen LogP contribution in [0.5, 0.6) is 0 Å². The van der Waals surface area contributed by atoms with E-state index in [0.29, 0.717) is 10.6 Å². The Hall–Kier alpha value is -0.870. The van der Waals surface area contributed by atoms with Crippen molar-refractivity contribution in [3.63, 3.8) is 0 Å². The van der Waals surface area contributed by atoms with Crippen LogP contribution < -0.4 is 5.73 Å². The molecule has 0 bridgehead atoms. The zero-order valence-electron chi connectivity index (χ0n) is 8.86. The van der Waals surface area contributed by atoms with Gasteiger partial charge in [0.1, 0.15) is 0 Å². The van der Waals surface area contributed by atoms with E-state index in [1.165, 1.54) is 6.07 Å². The maximum Gasteiger partial charge on any atom is 0.0347 e. The van der Waals surface area contributed by atoms with E-state index in [0.717, 1.165) is 31.2 Å². The van der Waals surface area contributed by atoms with Crippen molar-refractivity contribution in [3.8, 4) is 0 Å². The Kier molecular flexibility index (Phi) is 4.78. The van der Waals surface area contributed by atoms with E-state index in [2.05, 4.69) is 6.92 Å². The van der Waals surface area contributed by atoms with Gasteiger partial charge in [0.25, 0.3) is 0 Å². The van der Waals surface area contributed by atoms with Gasteiger partial charge < -0.3 is 10.3 Å². The lowest BCUT2D eigenvalue weighted by atomic mass is 10.1. The molecule has 0 spiro atoms. The molecule has 2 N–H and O–H groups in total. The van der Waals surface area contributed by atoms with Gasteiger partial charge in [-0.2, -0.15) is 0 Å². The summed E-state index contributed by atoms with van der Waals surface area (Å²) in [4.78, 5) is 0.315. The second kappa shape index (κ2) is 5.88. The smallest absolute Gasteiger partial charge is 0.0347 e. The summed E-state index contributed by atoms with van der Waals surface area (Å²) in [5, 5.41) is 0. The minimum absolute atomic E-state index is 0.315. The van der Waals surface area contributed by atoms with E-state index in [-0.39, 0.29) is 0 Å². The fourth-order valence-corrected chi connectivity index (χ4v) is 1.89. The first-order valence-corrected chi connectivity index (χ1v) is 6.20. The van der Waals surface area contributed by atoms with Crippen LogP contribution in [-0.4, -0.2) is 8.76 Å². The van der Waals surface area contributed by atoms with Gasteiger partial charge in [-0.05, 0) is 47.7 Å². The predicted octanol–water partition coefficient (Wildman–Crippen LogP) is 2.24. The van der Waals surface area contributed by atoms with Gasteiger partial charge in [-0.1, -0.05) is 19.8 Å². The predicted molar refractivity (Wildman–Crippen MR) is 61.3 cm³/mol. The Morgan fingerprint density at radius 2 is 2.13 bits per heavy atom. The second-order valence-electron chi connectivity index (χ2n) is 3.55. The van der Waals surface area contributed by atoms with Crippen LogP contribution >= 0.6 is 0 Å². The molecule has 0 aromatic heterocycles. The molecule has 0 aliphatic rings. The van der Waals surface area contributed by atoms with Crippen LogP contribution in [0.15, 0.2) is 23.1 Å². The average molecular weight is 226 g/mol. The minimum Gasteiger partial charge on any atom is -0.768 e. The highest BCUT2D eigenvalue weighted by Gasteiger charge is 2.01. The first-order chi connectivity index (χ1) is 7.15. The van der Waals surface area contributed by atoms with Crippen LogP contribution in [0.25, 0.3) is 0 Å². The van der Waals surface area contributed by atoms with Gasteiger partial charge in [0.05, 0.1) is 0 Å². The molecule has 0 saturated heterocycles. The molecule has 3 nitrogen and oxygen atoms in total. The first kappa shape index (κ1) is 12.2. The molecule has 1 rings (SSSR count). The van der Waals surface area contributed by atoms with Crippen molar-refractivity contribution in [3.05, 3.63) is 23.8 Å². The Balaban J connectivity index is 2.76. The normalized spacial score (nSPS) is 12.7. The molecule has 1 aromatic carbocycles. The lowest BCUT2D eigenvalue weighted by Gasteiger charge is -2.10. The molecular formula is C11H16NO2S-. The third kappa shape index (κ3) is 3.64. The van der Waals surface area contributed by atoms with Crippen LogP contribution in [0, 0.1) is 0 Å². The van der Waals surface area contributed by atoms with Gasteiger partial charge in [-0.25, -0.2) is 0 Å². The van der Waals surface area contributed by atoms with Gasteiger partial charge in [0.15, 0.2) is 0 Å². The number of aryl methyl sites for hydroxylation is 1. The summed E-state index contributed by atoms with van der Waals surface area (Å²) in [5.74, 6) is 0.